The van der Waals surface area contributed by atoms with Crippen LogP contribution in [0.2, 0.25) is 0 Å². The summed E-state index contributed by atoms with van der Waals surface area (Å²) in [6.07, 6.45) is -2.24. The second-order valence-corrected chi connectivity index (χ2v) is 10.8. The molecule has 1 aromatic heterocycles. The van der Waals surface area contributed by atoms with Crippen molar-refractivity contribution >= 4 is 44.2 Å². The topological polar surface area (TPSA) is 86.4 Å². The summed E-state index contributed by atoms with van der Waals surface area (Å²) in [7, 11) is 0. The van der Waals surface area contributed by atoms with Gasteiger partial charge in [0.15, 0.2) is 0 Å². The first-order valence-corrected chi connectivity index (χ1v) is 13.4. The number of aromatic nitrogens is 1. The summed E-state index contributed by atoms with van der Waals surface area (Å²) in [5.41, 5.74) is -2.25. The van der Waals surface area contributed by atoms with Crippen LogP contribution in [0.4, 0.5) is 27.6 Å². The molecule has 3 N–H and O–H groups in total. The van der Waals surface area contributed by atoms with Gasteiger partial charge >= 0.3 is 6.18 Å². The van der Waals surface area contributed by atoms with E-state index >= 15 is 8.78 Å². The van der Waals surface area contributed by atoms with Crippen molar-refractivity contribution in [3.05, 3.63) is 70.0 Å². The van der Waals surface area contributed by atoms with E-state index in [1.807, 2.05) is 0 Å². The number of fused-ring (bicyclic) bond motifs is 1. The third kappa shape index (κ3) is 5.75. The highest BCUT2D eigenvalue weighted by Crippen LogP contribution is 2.41. The van der Waals surface area contributed by atoms with Gasteiger partial charge in [-0.25, -0.2) is 8.78 Å². The maximum atomic E-state index is 15.2. The standard InChI is InChI=1S/C27H25BrF5N5O2/c28-16-9-19(24(39)36-17-5-7-34-12-17)23(21(10-16)27(31,32)33)37-22-14-38(8-6-26(22,29)30)25(40)20-13-35-11-15-3-1-2-4-18(15)20/h1-4,9-11,13,17,22,34,37H,5-8,12,14H2,(H,36,39)/t17-,22+/m1/s1. The van der Waals surface area contributed by atoms with Gasteiger partial charge in [-0.1, -0.05) is 40.2 Å². The molecule has 0 bridgehead atoms. The lowest BCUT2D eigenvalue weighted by Crippen LogP contribution is -2.56. The Morgan fingerprint density at radius 2 is 1.90 bits per heavy atom. The maximum absolute atomic E-state index is 15.2. The van der Waals surface area contributed by atoms with Crippen molar-refractivity contribution in [3.63, 3.8) is 0 Å². The molecular weight excluding hydrogens is 601 g/mol. The average Bonchev–Trinajstić information content (AvgIpc) is 3.42. The summed E-state index contributed by atoms with van der Waals surface area (Å²) >= 11 is 3.02. The quantitative estimate of drug-likeness (QED) is 0.345. The number of nitrogens with one attached hydrogen (secondary N) is 3. The Hall–Kier alpha value is -3.32. The van der Waals surface area contributed by atoms with E-state index < -0.39 is 59.7 Å². The van der Waals surface area contributed by atoms with Gasteiger partial charge in [0, 0.05) is 54.3 Å². The van der Waals surface area contributed by atoms with Crippen molar-refractivity contribution in [3.8, 4) is 0 Å². The molecule has 0 saturated carbocycles. The number of hydrogen-bond donors (Lipinski definition) is 3. The van der Waals surface area contributed by atoms with Crippen molar-refractivity contribution in [2.24, 2.45) is 0 Å². The first-order chi connectivity index (χ1) is 18.9. The summed E-state index contributed by atoms with van der Waals surface area (Å²) in [6, 6.07) is 6.67. The SMILES string of the molecule is O=C(N[C@@H]1CCNC1)c1cc(Br)cc(C(F)(F)F)c1N[C@H]1CN(C(=O)c2cncc3ccccc23)CCC1(F)F. The predicted octanol–water partition coefficient (Wildman–Crippen LogP) is 5.07. The number of halogens is 6. The predicted molar refractivity (Wildman–Crippen MR) is 143 cm³/mol. The second-order valence-electron chi connectivity index (χ2n) is 9.90. The Balaban J connectivity index is 1.48. The van der Waals surface area contributed by atoms with Crippen LogP contribution in [0, 0.1) is 0 Å². The number of hydrogen-bond acceptors (Lipinski definition) is 5. The molecule has 2 saturated heterocycles. The molecule has 2 aliphatic heterocycles. The minimum Gasteiger partial charge on any atom is -0.374 e. The first kappa shape index (κ1) is 28.2. The molecule has 7 nitrogen and oxygen atoms in total. The lowest BCUT2D eigenvalue weighted by molar-refractivity contribution is -0.137. The number of pyridine rings is 1. The van der Waals surface area contributed by atoms with E-state index in [-0.39, 0.29) is 22.6 Å². The van der Waals surface area contributed by atoms with Gasteiger partial charge in [0.25, 0.3) is 17.7 Å². The van der Waals surface area contributed by atoms with Gasteiger partial charge in [-0.05, 0) is 30.5 Å². The van der Waals surface area contributed by atoms with Gasteiger partial charge in [0.2, 0.25) is 0 Å². The van der Waals surface area contributed by atoms with Gasteiger partial charge in [-0.2, -0.15) is 13.2 Å². The Morgan fingerprint density at radius 1 is 1.12 bits per heavy atom. The van der Waals surface area contributed by atoms with Gasteiger partial charge in [0.05, 0.1) is 22.4 Å². The van der Waals surface area contributed by atoms with Gasteiger partial charge in [-0.3, -0.25) is 14.6 Å². The highest BCUT2D eigenvalue weighted by molar-refractivity contribution is 9.10. The van der Waals surface area contributed by atoms with Crippen LogP contribution in [0.5, 0.6) is 0 Å². The highest BCUT2D eigenvalue weighted by Gasteiger charge is 2.47. The maximum Gasteiger partial charge on any atom is 0.418 e. The molecule has 2 aliphatic rings. The van der Waals surface area contributed by atoms with Crippen molar-refractivity contribution in [1.82, 2.24) is 20.5 Å². The Kier molecular flexibility index (Phi) is 7.71. The monoisotopic (exact) mass is 625 g/mol. The molecule has 0 unspecified atom stereocenters. The fourth-order valence-corrected chi connectivity index (χ4v) is 5.53. The molecule has 2 amide bonds. The van der Waals surface area contributed by atoms with Crippen molar-refractivity contribution in [1.29, 1.82) is 0 Å². The number of rotatable bonds is 5. The van der Waals surface area contributed by atoms with E-state index in [0.29, 0.717) is 30.3 Å². The number of anilines is 1. The molecular formula is C27H25BrF5N5O2. The van der Waals surface area contributed by atoms with E-state index in [9.17, 15) is 22.8 Å². The minimum absolute atomic E-state index is 0.0317. The Morgan fingerprint density at radius 3 is 2.62 bits per heavy atom. The largest absolute Gasteiger partial charge is 0.418 e. The Bertz CT molecular complexity index is 1440. The number of carbonyl (C=O) groups is 2. The van der Waals surface area contributed by atoms with E-state index in [0.717, 1.165) is 6.07 Å². The average molecular weight is 626 g/mol. The number of likely N-dealkylation sites (tertiary alicyclic amines) is 1. The van der Waals surface area contributed by atoms with Crippen LogP contribution in [0.3, 0.4) is 0 Å². The number of carbonyl (C=O) groups excluding carboxylic acids is 2. The Labute approximate surface area is 234 Å². The number of alkyl halides is 5. The van der Waals surface area contributed by atoms with Crippen molar-refractivity contribution in [2.45, 2.75) is 37.0 Å². The number of amides is 2. The van der Waals surface area contributed by atoms with Crippen LogP contribution < -0.4 is 16.0 Å². The number of benzene rings is 2. The second kappa shape index (κ2) is 10.9. The zero-order chi connectivity index (χ0) is 28.7. The summed E-state index contributed by atoms with van der Waals surface area (Å²) in [6.45, 7) is 0.180. The van der Waals surface area contributed by atoms with Gasteiger partial charge in [0.1, 0.15) is 6.04 Å². The van der Waals surface area contributed by atoms with Crippen molar-refractivity contribution in [2.75, 3.05) is 31.5 Å². The minimum atomic E-state index is -4.95. The molecule has 2 fully saturated rings. The molecule has 40 heavy (non-hydrogen) atoms. The summed E-state index contributed by atoms with van der Waals surface area (Å²) < 4.78 is 72.8. The third-order valence-corrected chi connectivity index (χ3v) is 7.64. The fraction of sp³-hybridized carbons (Fsp3) is 0.370. The number of nitrogens with zero attached hydrogens (tertiary/aromatic N) is 2. The van der Waals surface area contributed by atoms with E-state index in [2.05, 4.69) is 36.9 Å². The van der Waals surface area contributed by atoms with Gasteiger partial charge < -0.3 is 20.9 Å². The van der Waals surface area contributed by atoms with Gasteiger partial charge in [-0.15, -0.1) is 0 Å². The van der Waals surface area contributed by atoms with Crippen LogP contribution in [0.25, 0.3) is 10.8 Å². The molecule has 3 aromatic rings. The molecule has 0 spiro atoms. The van der Waals surface area contributed by atoms with Crippen LogP contribution in [0.15, 0.2) is 53.3 Å². The molecule has 2 atom stereocenters. The summed E-state index contributed by atoms with van der Waals surface area (Å²) in [4.78, 5) is 31.8. The van der Waals surface area contributed by atoms with E-state index in [4.69, 9.17) is 0 Å². The molecule has 0 aliphatic carbocycles. The first-order valence-electron chi connectivity index (χ1n) is 12.6. The molecule has 3 heterocycles. The smallest absolute Gasteiger partial charge is 0.374 e. The summed E-state index contributed by atoms with van der Waals surface area (Å²) in [5.74, 6) is -4.85. The highest BCUT2D eigenvalue weighted by atomic mass is 79.9. The molecule has 13 heteroatoms. The van der Waals surface area contributed by atoms with E-state index in [1.165, 1.54) is 17.2 Å². The molecule has 2 aromatic carbocycles. The molecule has 0 radical (unpaired) electrons. The third-order valence-electron chi connectivity index (χ3n) is 7.18. The van der Waals surface area contributed by atoms with Crippen LogP contribution in [-0.4, -0.2) is 65.9 Å². The zero-order valence-electron chi connectivity index (χ0n) is 21.0. The van der Waals surface area contributed by atoms with Crippen LogP contribution in [-0.2, 0) is 6.18 Å². The van der Waals surface area contributed by atoms with Crippen LogP contribution >= 0.6 is 15.9 Å². The van der Waals surface area contributed by atoms with E-state index in [1.54, 1.807) is 30.5 Å². The zero-order valence-corrected chi connectivity index (χ0v) is 22.6. The number of piperidine rings is 1. The van der Waals surface area contributed by atoms with Crippen molar-refractivity contribution < 1.29 is 31.5 Å². The van der Waals surface area contributed by atoms with Crippen LogP contribution in [0.1, 0.15) is 39.1 Å². The normalized spacial score (nSPS) is 20.9. The molecule has 212 valence electrons. The fourth-order valence-electron chi connectivity index (χ4n) is 5.08. The molecule has 5 rings (SSSR count). The lowest BCUT2D eigenvalue weighted by atomic mass is 9.97. The lowest BCUT2D eigenvalue weighted by Gasteiger charge is -2.39. The summed E-state index contributed by atoms with van der Waals surface area (Å²) in [5, 5.41) is 9.33.